The maximum Gasteiger partial charge on any atom is 0.262 e. The molecule has 0 bridgehead atoms. The van der Waals surface area contributed by atoms with Gasteiger partial charge in [0.2, 0.25) is 0 Å². The fourth-order valence-electron chi connectivity index (χ4n) is 3.27. The number of hydrogen-bond donors (Lipinski definition) is 1. The van der Waals surface area contributed by atoms with Gasteiger partial charge in [0.25, 0.3) is 5.91 Å². The lowest BCUT2D eigenvalue weighted by atomic mass is 10.0. The summed E-state index contributed by atoms with van der Waals surface area (Å²) in [6, 6.07) is 10.7. The molecule has 1 aliphatic heterocycles. The molecule has 1 aliphatic rings. The Bertz CT molecular complexity index is 764. The van der Waals surface area contributed by atoms with Crippen molar-refractivity contribution in [3.05, 3.63) is 57.8 Å². The predicted octanol–water partition coefficient (Wildman–Crippen LogP) is 4.88. The number of aryl methyl sites for hydroxylation is 1. The maximum absolute atomic E-state index is 12.8. The molecule has 0 unspecified atom stereocenters. The van der Waals surface area contributed by atoms with Gasteiger partial charge < -0.3 is 5.32 Å². The van der Waals surface area contributed by atoms with E-state index in [-0.39, 0.29) is 11.9 Å². The SMILES string of the molecule is CC(C)=CCN1CCC(NC(=O)c2sccc2-c2ccc(C)cc2)CC1. The van der Waals surface area contributed by atoms with Crippen molar-refractivity contribution in [2.45, 2.75) is 39.7 Å². The number of rotatable bonds is 5. The number of nitrogens with one attached hydrogen (secondary N) is 1. The van der Waals surface area contributed by atoms with Crippen molar-refractivity contribution in [2.24, 2.45) is 0 Å². The van der Waals surface area contributed by atoms with Crippen LogP contribution in [0.15, 0.2) is 47.4 Å². The predicted molar refractivity (Wildman–Crippen MR) is 111 cm³/mol. The van der Waals surface area contributed by atoms with Gasteiger partial charge in [-0.3, -0.25) is 9.69 Å². The molecule has 2 aromatic rings. The lowest BCUT2D eigenvalue weighted by molar-refractivity contribution is 0.0919. The van der Waals surface area contributed by atoms with Crippen LogP contribution in [-0.4, -0.2) is 36.5 Å². The monoisotopic (exact) mass is 368 g/mol. The summed E-state index contributed by atoms with van der Waals surface area (Å²) in [5.41, 5.74) is 4.74. The highest BCUT2D eigenvalue weighted by Crippen LogP contribution is 2.29. The summed E-state index contributed by atoms with van der Waals surface area (Å²) in [6.45, 7) is 9.47. The van der Waals surface area contributed by atoms with Gasteiger partial charge >= 0.3 is 0 Å². The smallest absolute Gasteiger partial charge is 0.262 e. The molecule has 1 amide bonds. The number of thiophene rings is 1. The Labute approximate surface area is 160 Å². The highest BCUT2D eigenvalue weighted by molar-refractivity contribution is 7.12. The van der Waals surface area contributed by atoms with E-state index in [1.165, 1.54) is 22.5 Å². The summed E-state index contributed by atoms with van der Waals surface area (Å²) in [6.07, 6.45) is 4.32. The summed E-state index contributed by atoms with van der Waals surface area (Å²) >= 11 is 1.53. The molecule has 138 valence electrons. The topological polar surface area (TPSA) is 32.3 Å². The molecular formula is C22H28N2OS. The minimum atomic E-state index is 0.0679. The van der Waals surface area contributed by atoms with Gasteiger partial charge in [0.05, 0.1) is 4.88 Å². The fourth-order valence-corrected chi connectivity index (χ4v) is 4.09. The van der Waals surface area contributed by atoms with Crippen molar-refractivity contribution in [2.75, 3.05) is 19.6 Å². The van der Waals surface area contributed by atoms with Crippen molar-refractivity contribution in [3.8, 4) is 11.1 Å². The number of carbonyl (C=O) groups is 1. The third-order valence-electron chi connectivity index (χ3n) is 4.91. The van der Waals surface area contributed by atoms with Gasteiger partial charge in [-0.25, -0.2) is 0 Å². The van der Waals surface area contributed by atoms with Crippen LogP contribution in [0, 0.1) is 6.92 Å². The molecule has 0 atom stereocenters. The molecule has 2 heterocycles. The van der Waals surface area contributed by atoms with Crippen LogP contribution >= 0.6 is 11.3 Å². The van der Waals surface area contributed by atoms with Gasteiger partial charge in [-0.05, 0) is 50.6 Å². The van der Waals surface area contributed by atoms with Crippen LogP contribution in [-0.2, 0) is 0 Å². The van der Waals surface area contributed by atoms with Gasteiger partial charge in [-0.2, -0.15) is 0 Å². The summed E-state index contributed by atoms with van der Waals surface area (Å²) in [4.78, 5) is 16.1. The zero-order valence-electron chi connectivity index (χ0n) is 15.9. The molecule has 0 saturated carbocycles. The molecule has 0 aliphatic carbocycles. The second-order valence-corrected chi connectivity index (χ2v) is 8.28. The van der Waals surface area contributed by atoms with Crippen molar-refractivity contribution in [3.63, 3.8) is 0 Å². The summed E-state index contributed by atoms with van der Waals surface area (Å²) in [5, 5.41) is 5.26. The van der Waals surface area contributed by atoms with Crippen molar-refractivity contribution >= 4 is 17.2 Å². The minimum Gasteiger partial charge on any atom is -0.348 e. The summed E-state index contributed by atoms with van der Waals surface area (Å²) < 4.78 is 0. The van der Waals surface area contributed by atoms with E-state index in [2.05, 4.69) is 61.3 Å². The largest absolute Gasteiger partial charge is 0.348 e. The lowest BCUT2D eigenvalue weighted by Gasteiger charge is -2.31. The van der Waals surface area contributed by atoms with Gasteiger partial charge in [0.1, 0.15) is 0 Å². The van der Waals surface area contributed by atoms with Crippen molar-refractivity contribution < 1.29 is 4.79 Å². The number of piperidine rings is 1. The van der Waals surface area contributed by atoms with E-state index in [0.29, 0.717) is 0 Å². The Morgan fingerprint density at radius 1 is 1.19 bits per heavy atom. The molecule has 0 spiro atoms. The first-order valence-electron chi connectivity index (χ1n) is 9.34. The molecule has 1 N–H and O–H groups in total. The first kappa shape index (κ1) is 18.9. The minimum absolute atomic E-state index is 0.0679. The number of nitrogens with zero attached hydrogens (tertiary/aromatic N) is 1. The van der Waals surface area contributed by atoms with Crippen LogP contribution in [0.2, 0.25) is 0 Å². The number of allylic oxidation sites excluding steroid dienone is 1. The van der Waals surface area contributed by atoms with Gasteiger partial charge in [-0.1, -0.05) is 41.5 Å². The maximum atomic E-state index is 12.8. The fraction of sp³-hybridized carbons (Fsp3) is 0.409. The van der Waals surface area contributed by atoms with E-state index < -0.39 is 0 Å². The number of carbonyl (C=O) groups excluding carboxylic acids is 1. The lowest BCUT2D eigenvalue weighted by Crippen LogP contribution is -2.44. The van der Waals surface area contributed by atoms with Gasteiger partial charge in [-0.15, -0.1) is 11.3 Å². The molecule has 4 heteroatoms. The average molecular weight is 369 g/mol. The molecule has 1 saturated heterocycles. The van der Waals surface area contributed by atoms with E-state index in [0.717, 1.165) is 48.5 Å². The average Bonchev–Trinajstić information content (AvgIpc) is 3.11. The first-order valence-corrected chi connectivity index (χ1v) is 10.2. The number of benzene rings is 1. The Hall–Kier alpha value is -1.91. The highest BCUT2D eigenvalue weighted by atomic mass is 32.1. The molecule has 1 aromatic carbocycles. The van der Waals surface area contributed by atoms with E-state index in [1.54, 1.807) is 0 Å². The molecular weight excluding hydrogens is 340 g/mol. The zero-order chi connectivity index (χ0) is 18.5. The second kappa shape index (κ2) is 8.65. The Balaban J connectivity index is 1.59. The molecule has 3 nitrogen and oxygen atoms in total. The molecule has 26 heavy (non-hydrogen) atoms. The molecule has 0 radical (unpaired) electrons. The Morgan fingerprint density at radius 3 is 2.54 bits per heavy atom. The Morgan fingerprint density at radius 2 is 1.88 bits per heavy atom. The molecule has 3 rings (SSSR count). The van der Waals surface area contributed by atoms with Gasteiger partial charge in [0, 0.05) is 31.2 Å². The van der Waals surface area contributed by atoms with Crippen molar-refractivity contribution in [1.82, 2.24) is 10.2 Å². The molecule has 1 fully saturated rings. The first-order chi connectivity index (χ1) is 12.5. The standard InChI is InChI=1S/C22H28N2OS/c1-16(2)8-12-24-13-9-19(10-14-24)23-22(25)21-20(11-15-26-21)18-6-4-17(3)5-7-18/h4-8,11,15,19H,9-10,12-14H2,1-3H3,(H,23,25). The van der Waals surface area contributed by atoms with Crippen LogP contribution in [0.25, 0.3) is 11.1 Å². The van der Waals surface area contributed by atoms with E-state index >= 15 is 0 Å². The third-order valence-corrected chi connectivity index (χ3v) is 5.83. The number of likely N-dealkylation sites (tertiary alicyclic amines) is 1. The van der Waals surface area contributed by atoms with Crippen LogP contribution in [0.4, 0.5) is 0 Å². The van der Waals surface area contributed by atoms with E-state index in [9.17, 15) is 4.79 Å². The zero-order valence-corrected chi connectivity index (χ0v) is 16.7. The van der Waals surface area contributed by atoms with E-state index in [1.807, 2.05) is 11.4 Å². The summed E-state index contributed by atoms with van der Waals surface area (Å²) in [5.74, 6) is 0.0679. The van der Waals surface area contributed by atoms with E-state index in [4.69, 9.17) is 0 Å². The van der Waals surface area contributed by atoms with Crippen molar-refractivity contribution in [1.29, 1.82) is 0 Å². The van der Waals surface area contributed by atoms with Crippen LogP contribution in [0.5, 0.6) is 0 Å². The highest BCUT2D eigenvalue weighted by Gasteiger charge is 2.22. The van der Waals surface area contributed by atoms with Crippen LogP contribution in [0.1, 0.15) is 41.9 Å². The normalized spacial score (nSPS) is 15.7. The summed E-state index contributed by atoms with van der Waals surface area (Å²) in [7, 11) is 0. The number of hydrogen-bond acceptors (Lipinski definition) is 3. The van der Waals surface area contributed by atoms with Crippen LogP contribution in [0.3, 0.4) is 0 Å². The third kappa shape index (κ3) is 4.83. The van der Waals surface area contributed by atoms with Crippen LogP contribution < -0.4 is 5.32 Å². The quantitative estimate of drug-likeness (QED) is 0.763. The Kier molecular flexibility index (Phi) is 6.28. The van der Waals surface area contributed by atoms with Gasteiger partial charge in [0.15, 0.2) is 0 Å². The molecule has 1 aromatic heterocycles. The number of amides is 1. The second-order valence-electron chi connectivity index (χ2n) is 7.36.